The van der Waals surface area contributed by atoms with Gasteiger partial charge >= 0.3 is 0 Å². The van der Waals surface area contributed by atoms with Gasteiger partial charge in [0, 0.05) is 24.8 Å². The van der Waals surface area contributed by atoms with Crippen LogP contribution < -0.4 is 10.2 Å². The third-order valence-electron chi connectivity index (χ3n) is 4.42. The second kappa shape index (κ2) is 6.01. The smallest absolute Gasteiger partial charge is 0.246 e. The molecule has 0 fully saturated rings. The first-order chi connectivity index (χ1) is 12.1. The zero-order valence-electron chi connectivity index (χ0n) is 13.8. The van der Waals surface area contributed by atoms with Crippen molar-refractivity contribution in [2.45, 2.75) is 19.4 Å². The summed E-state index contributed by atoms with van der Waals surface area (Å²) in [7, 11) is 1.77. The van der Waals surface area contributed by atoms with Gasteiger partial charge in [0.25, 0.3) is 0 Å². The van der Waals surface area contributed by atoms with E-state index < -0.39 is 0 Å². The van der Waals surface area contributed by atoms with Crippen molar-refractivity contribution >= 4 is 34.2 Å². The third-order valence-corrected chi connectivity index (χ3v) is 4.42. The fourth-order valence-corrected chi connectivity index (χ4v) is 3.11. The standard InChI is InChI=1S/C18H17N5O2/c1-22-15-8-7-13(10-12(15)6-9-18(22)25)19-17(24)11-23-16-5-3-2-4-14(16)20-21-23/h2-5,7-8,10H,6,9,11H2,1H3,(H,19,24). The van der Waals surface area contributed by atoms with E-state index >= 15 is 0 Å². The average Bonchev–Trinajstić information content (AvgIpc) is 3.01. The molecule has 2 heterocycles. The van der Waals surface area contributed by atoms with Crippen LogP contribution in [0.1, 0.15) is 12.0 Å². The van der Waals surface area contributed by atoms with Crippen molar-refractivity contribution in [3.63, 3.8) is 0 Å². The number of para-hydroxylation sites is 1. The van der Waals surface area contributed by atoms with Gasteiger partial charge in [-0.15, -0.1) is 5.10 Å². The molecule has 0 saturated heterocycles. The fraction of sp³-hybridized carbons (Fsp3) is 0.222. The maximum absolute atomic E-state index is 12.3. The predicted molar refractivity (Wildman–Crippen MR) is 94.3 cm³/mol. The molecule has 0 aliphatic carbocycles. The van der Waals surface area contributed by atoms with Crippen LogP contribution in [-0.2, 0) is 22.6 Å². The van der Waals surface area contributed by atoms with Crippen LogP contribution >= 0.6 is 0 Å². The molecule has 1 N–H and O–H groups in total. The number of nitrogens with one attached hydrogen (secondary N) is 1. The highest BCUT2D eigenvalue weighted by Crippen LogP contribution is 2.29. The molecule has 3 aromatic rings. The lowest BCUT2D eigenvalue weighted by Gasteiger charge is -2.26. The summed E-state index contributed by atoms with van der Waals surface area (Å²) in [6.45, 7) is 0.0932. The largest absolute Gasteiger partial charge is 0.324 e. The average molecular weight is 335 g/mol. The van der Waals surface area contributed by atoms with Gasteiger partial charge in [0.05, 0.1) is 5.52 Å². The Morgan fingerprint density at radius 1 is 1.20 bits per heavy atom. The molecule has 2 amide bonds. The molecule has 7 nitrogen and oxygen atoms in total. The van der Waals surface area contributed by atoms with Gasteiger partial charge in [0.15, 0.2) is 0 Å². The molecule has 0 bridgehead atoms. The predicted octanol–water partition coefficient (Wildman–Crippen LogP) is 1.98. The molecule has 1 aromatic heterocycles. The second-order valence-electron chi connectivity index (χ2n) is 6.08. The van der Waals surface area contributed by atoms with E-state index in [-0.39, 0.29) is 18.4 Å². The lowest BCUT2D eigenvalue weighted by atomic mass is 10.0. The molecular formula is C18H17N5O2. The molecule has 126 valence electrons. The minimum absolute atomic E-state index is 0.0932. The molecule has 0 atom stereocenters. The lowest BCUT2D eigenvalue weighted by molar-refractivity contribution is -0.118. The summed E-state index contributed by atoms with van der Waals surface area (Å²) in [5.41, 5.74) is 4.26. The van der Waals surface area contributed by atoms with Crippen LogP contribution in [0.25, 0.3) is 11.0 Å². The van der Waals surface area contributed by atoms with Gasteiger partial charge in [-0.2, -0.15) is 0 Å². The Labute approximate surface area is 144 Å². The first-order valence-electron chi connectivity index (χ1n) is 8.09. The van der Waals surface area contributed by atoms with Crippen LogP contribution in [0.4, 0.5) is 11.4 Å². The van der Waals surface area contributed by atoms with Crippen LogP contribution in [0.2, 0.25) is 0 Å². The highest BCUT2D eigenvalue weighted by molar-refractivity contribution is 5.97. The van der Waals surface area contributed by atoms with Crippen LogP contribution in [0, 0.1) is 0 Å². The summed E-state index contributed by atoms with van der Waals surface area (Å²) in [6, 6.07) is 13.1. The van der Waals surface area contributed by atoms with E-state index in [0.717, 1.165) is 28.0 Å². The van der Waals surface area contributed by atoms with E-state index in [1.165, 1.54) is 0 Å². The van der Waals surface area contributed by atoms with Crippen molar-refractivity contribution in [1.82, 2.24) is 15.0 Å². The Morgan fingerprint density at radius 3 is 2.92 bits per heavy atom. The maximum atomic E-state index is 12.3. The van der Waals surface area contributed by atoms with Crippen LogP contribution in [-0.4, -0.2) is 33.9 Å². The summed E-state index contributed by atoms with van der Waals surface area (Å²) >= 11 is 0. The zero-order valence-corrected chi connectivity index (χ0v) is 13.8. The van der Waals surface area contributed by atoms with Gasteiger partial charge in [0.1, 0.15) is 12.1 Å². The Bertz CT molecular complexity index is 979. The van der Waals surface area contributed by atoms with Gasteiger partial charge in [-0.1, -0.05) is 17.3 Å². The minimum atomic E-state index is -0.171. The third kappa shape index (κ3) is 2.84. The van der Waals surface area contributed by atoms with E-state index in [1.54, 1.807) is 16.6 Å². The van der Waals surface area contributed by atoms with Crippen molar-refractivity contribution in [3.8, 4) is 0 Å². The first-order valence-corrected chi connectivity index (χ1v) is 8.09. The summed E-state index contributed by atoms with van der Waals surface area (Å²) in [5, 5.41) is 11.0. The SMILES string of the molecule is CN1C(=O)CCc2cc(NC(=O)Cn3nnc4ccccc43)ccc21. The monoisotopic (exact) mass is 335 g/mol. The number of nitrogens with zero attached hydrogens (tertiary/aromatic N) is 4. The van der Waals surface area contributed by atoms with Gasteiger partial charge in [-0.05, 0) is 42.3 Å². The van der Waals surface area contributed by atoms with Crippen molar-refractivity contribution in [1.29, 1.82) is 0 Å². The maximum Gasteiger partial charge on any atom is 0.246 e. The molecule has 2 aromatic carbocycles. The number of anilines is 2. The quantitative estimate of drug-likeness (QED) is 0.794. The molecule has 25 heavy (non-hydrogen) atoms. The summed E-state index contributed by atoms with van der Waals surface area (Å²) < 4.78 is 1.58. The summed E-state index contributed by atoms with van der Waals surface area (Å²) in [4.78, 5) is 25.7. The zero-order chi connectivity index (χ0) is 17.4. The van der Waals surface area contributed by atoms with Crippen molar-refractivity contribution in [2.75, 3.05) is 17.3 Å². The molecule has 7 heteroatoms. The Morgan fingerprint density at radius 2 is 2.04 bits per heavy atom. The molecule has 1 aliphatic heterocycles. The first kappa shape index (κ1) is 15.3. The Kier molecular flexibility index (Phi) is 3.68. The van der Waals surface area contributed by atoms with Gasteiger partial charge in [-0.25, -0.2) is 4.68 Å². The number of benzene rings is 2. The Balaban J connectivity index is 1.51. The van der Waals surface area contributed by atoms with E-state index in [0.29, 0.717) is 12.8 Å². The Hall–Kier alpha value is -3.22. The number of carbonyl (C=O) groups excluding carboxylic acids is 2. The number of aromatic nitrogens is 3. The number of fused-ring (bicyclic) bond motifs is 2. The van der Waals surface area contributed by atoms with E-state index in [4.69, 9.17) is 0 Å². The van der Waals surface area contributed by atoms with E-state index in [9.17, 15) is 9.59 Å². The van der Waals surface area contributed by atoms with Gasteiger partial charge in [0.2, 0.25) is 11.8 Å². The molecule has 0 spiro atoms. The van der Waals surface area contributed by atoms with Crippen molar-refractivity contribution < 1.29 is 9.59 Å². The van der Waals surface area contributed by atoms with Gasteiger partial charge < -0.3 is 10.2 Å². The molecule has 0 radical (unpaired) electrons. The van der Waals surface area contributed by atoms with E-state index in [1.807, 2.05) is 42.5 Å². The minimum Gasteiger partial charge on any atom is -0.324 e. The molecular weight excluding hydrogens is 318 g/mol. The molecule has 0 unspecified atom stereocenters. The molecule has 1 aliphatic rings. The topological polar surface area (TPSA) is 80.1 Å². The number of hydrogen-bond acceptors (Lipinski definition) is 4. The van der Waals surface area contributed by atoms with Crippen LogP contribution in [0.15, 0.2) is 42.5 Å². The van der Waals surface area contributed by atoms with Crippen molar-refractivity contribution in [3.05, 3.63) is 48.0 Å². The highest BCUT2D eigenvalue weighted by Gasteiger charge is 2.21. The fourth-order valence-electron chi connectivity index (χ4n) is 3.11. The number of rotatable bonds is 3. The van der Waals surface area contributed by atoms with Crippen LogP contribution in [0.3, 0.4) is 0 Å². The van der Waals surface area contributed by atoms with E-state index in [2.05, 4.69) is 15.6 Å². The second-order valence-corrected chi connectivity index (χ2v) is 6.08. The molecule has 0 saturated carbocycles. The number of amides is 2. The number of hydrogen-bond donors (Lipinski definition) is 1. The van der Waals surface area contributed by atoms with Crippen molar-refractivity contribution in [2.24, 2.45) is 0 Å². The molecule has 4 rings (SSSR count). The van der Waals surface area contributed by atoms with Crippen LogP contribution in [0.5, 0.6) is 0 Å². The number of carbonyl (C=O) groups is 2. The summed E-state index contributed by atoms with van der Waals surface area (Å²) in [6.07, 6.45) is 1.18. The number of aryl methyl sites for hydroxylation is 1. The highest BCUT2D eigenvalue weighted by atomic mass is 16.2. The normalized spacial score (nSPS) is 13.8. The lowest BCUT2D eigenvalue weighted by Crippen LogP contribution is -2.31. The summed E-state index contributed by atoms with van der Waals surface area (Å²) in [5.74, 6) is -0.0572. The van der Waals surface area contributed by atoms with Gasteiger partial charge in [-0.3, -0.25) is 9.59 Å².